The number of rotatable bonds is 11. The molecule has 0 aromatic carbocycles. The third-order valence-corrected chi connectivity index (χ3v) is 3.56. The van der Waals surface area contributed by atoms with Crippen LogP contribution in [0.4, 0.5) is 0 Å². The van der Waals surface area contributed by atoms with Crippen molar-refractivity contribution in [3.05, 3.63) is 0 Å². The molecular weight excluding hydrogens is 240 g/mol. The van der Waals surface area contributed by atoms with Gasteiger partial charge in [-0.2, -0.15) is 13.5 Å². The molecule has 3 heteroatoms. The summed E-state index contributed by atoms with van der Waals surface area (Å²) in [4.78, 5) is 6.58. The summed E-state index contributed by atoms with van der Waals surface area (Å²) in [6.45, 7) is 5.67. The van der Waals surface area contributed by atoms with Crippen molar-refractivity contribution in [1.29, 1.82) is 0 Å². The second-order valence-electron chi connectivity index (χ2n) is 5.24. The first kappa shape index (κ1) is 17.8. The maximum atomic E-state index is 4.23. The van der Waals surface area contributed by atoms with Gasteiger partial charge >= 0.3 is 0 Å². The Bertz CT molecular complexity index is 195. The molecule has 1 aliphatic heterocycles. The van der Waals surface area contributed by atoms with Crippen molar-refractivity contribution in [2.24, 2.45) is 4.99 Å². The lowest BCUT2D eigenvalue weighted by atomic mass is 10.1. The van der Waals surface area contributed by atoms with Gasteiger partial charge in [0.25, 0.3) is 0 Å². The molecule has 0 amide bonds. The number of aliphatic imine (C=N–C) groups is 1. The first-order valence-electron chi connectivity index (χ1n) is 7.67. The largest absolute Gasteiger partial charge is 0.361 e. The minimum absolute atomic E-state index is 0. The lowest BCUT2D eigenvalue weighted by molar-refractivity contribution is 0.438. The van der Waals surface area contributed by atoms with Crippen molar-refractivity contribution in [1.82, 2.24) is 4.90 Å². The van der Waals surface area contributed by atoms with Crippen LogP contribution in [0.3, 0.4) is 0 Å². The molecule has 0 saturated heterocycles. The molecule has 18 heavy (non-hydrogen) atoms. The molecule has 1 aliphatic rings. The molecule has 0 atom stereocenters. The van der Waals surface area contributed by atoms with Crippen molar-refractivity contribution in [2.75, 3.05) is 19.6 Å². The summed E-state index contributed by atoms with van der Waals surface area (Å²) in [7, 11) is 0. The van der Waals surface area contributed by atoms with Crippen LogP contribution in [0.2, 0.25) is 0 Å². The Balaban J connectivity index is 0.00000289. The molecule has 0 aliphatic carbocycles. The first-order valence-corrected chi connectivity index (χ1v) is 7.67. The van der Waals surface area contributed by atoms with Crippen LogP contribution in [0.5, 0.6) is 0 Å². The molecule has 1 rings (SSSR count). The third kappa shape index (κ3) is 9.81. The predicted molar refractivity (Wildman–Crippen MR) is 87.2 cm³/mol. The highest BCUT2D eigenvalue weighted by molar-refractivity contribution is 7.59. The zero-order valence-corrected chi connectivity index (χ0v) is 13.2. The summed E-state index contributed by atoms with van der Waals surface area (Å²) < 4.78 is 0. The van der Waals surface area contributed by atoms with Gasteiger partial charge in [-0.3, -0.25) is 4.99 Å². The van der Waals surface area contributed by atoms with Crippen LogP contribution >= 0.6 is 13.5 Å². The molecule has 0 N–H and O–H groups in total. The number of unbranched alkanes of at least 4 members (excludes halogenated alkanes) is 9. The minimum atomic E-state index is 0. The van der Waals surface area contributed by atoms with Gasteiger partial charge in [-0.15, -0.1) is 0 Å². The van der Waals surface area contributed by atoms with E-state index in [2.05, 4.69) is 16.8 Å². The highest BCUT2D eigenvalue weighted by atomic mass is 32.1. The van der Waals surface area contributed by atoms with Crippen LogP contribution in [0.25, 0.3) is 0 Å². The molecule has 0 aromatic heterocycles. The summed E-state index contributed by atoms with van der Waals surface area (Å²) in [5.74, 6) is 0. The number of hydrogen-bond acceptors (Lipinski definition) is 2. The standard InChI is InChI=1S/C15H30N2.H2S/c1-2-3-4-5-6-7-8-9-10-11-13-17-14-12-16-15-17;/h15H,2-14H2,1H3;1H2. The van der Waals surface area contributed by atoms with Crippen molar-refractivity contribution >= 4 is 19.8 Å². The number of nitrogens with zero attached hydrogens (tertiary/aromatic N) is 2. The van der Waals surface area contributed by atoms with Crippen LogP contribution in [-0.4, -0.2) is 30.9 Å². The van der Waals surface area contributed by atoms with Gasteiger partial charge in [0.1, 0.15) is 0 Å². The molecule has 0 bridgehead atoms. The van der Waals surface area contributed by atoms with Gasteiger partial charge in [0, 0.05) is 13.1 Å². The third-order valence-electron chi connectivity index (χ3n) is 3.56. The lowest BCUT2D eigenvalue weighted by Crippen LogP contribution is -2.20. The zero-order chi connectivity index (χ0) is 12.2. The molecule has 108 valence electrons. The van der Waals surface area contributed by atoms with E-state index >= 15 is 0 Å². The van der Waals surface area contributed by atoms with Crippen LogP contribution < -0.4 is 0 Å². The predicted octanol–water partition coefficient (Wildman–Crippen LogP) is 4.36. The maximum absolute atomic E-state index is 4.23. The van der Waals surface area contributed by atoms with E-state index in [1.54, 1.807) is 0 Å². The smallest absolute Gasteiger partial charge is 0.0851 e. The molecule has 2 nitrogen and oxygen atoms in total. The first-order chi connectivity index (χ1) is 8.43. The fraction of sp³-hybridized carbons (Fsp3) is 0.933. The Hall–Kier alpha value is -0.180. The summed E-state index contributed by atoms with van der Waals surface area (Å²) in [6, 6.07) is 0. The molecular formula is C15H32N2S. The van der Waals surface area contributed by atoms with E-state index in [-0.39, 0.29) is 13.5 Å². The van der Waals surface area contributed by atoms with E-state index in [1.165, 1.54) is 70.8 Å². The van der Waals surface area contributed by atoms with Gasteiger partial charge in [0.15, 0.2) is 0 Å². The van der Waals surface area contributed by atoms with E-state index in [0.717, 1.165) is 13.1 Å². The monoisotopic (exact) mass is 272 g/mol. The SMILES string of the molecule is CCCCCCCCCCCCN1C=NCC1.S. The van der Waals surface area contributed by atoms with Crippen molar-refractivity contribution in [3.63, 3.8) is 0 Å². The van der Waals surface area contributed by atoms with Gasteiger partial charge in [0.2, 0.25) is 0 Å². The molecule has 0 unspecified atom stereocenters. The summed E-state index contributed by atoms with van der Waals surface area (Å²) in [5.41, 5.74) is 0. The van der Waals surface area contributed by atoms with E-state index < -0.39 is 0 Å². The molecule has 0 spiro atoms. The average molecular weight is 273 g/mol. The minimum Gasteiger partial charge on any atom is -0.361 e. The van der Waals surface area contributed by atoms with Crippen molar-refractivity contribution in [2.45, 2.75) is 71.1 Å². The van der Waals surface area contributed by atoms with Crippen LogP contribution in [0.15, 0.2) is 4.99 Å². The van der Waals surface area contributed by atoms with E-state index in [0.29, 0.717) is 0 Å². The molecule has 0 radical (unpaired) electrons. The Morgan fingerprint density at radius 3 is 1.94 bits per heavy atom. The van der Waals surface area contributed by atoms with Crippen LogP contribution in [-0.2, 0) is 0 Å². The van der Waals surface area contributed by atoms with E-state index in [1.807, 2.05) is 6.34 Å². The van der Waals surface area contributed by atoms with Gasteiger partial charge in [-0.25, -0.2) is 0 Å². The summed E-state index contributed by atoms with van der Waals surface area (Å²) >= 11 is 0. The van der Waals surface area contributed by atoms with Crippen molar-refractivity contribution < 1.29 is 0 Å². The van der Waals surface area contributed by atoms with E-state index in [4.69, 9.17) is 0 Å². The summed E-state index contributed by atoms with van der Waals surface area (Å²) in [6.07, 6.45) is 16.3. The zero-order valence-electron chi connectivity index (χ0n) is 12.2. The van der Waals surface area contributed by atoms with Crippen LogP contribution in [0.1, 0.15) is 71.1 Å². The Morgan fingerprint density at radius 1 is 0.889 bits per heavy atom. The fourth-order valence-electron chi connectivity index (χ4n) is 2.39. The van der Waals surface area contributed by atoms with Gasteiger partial charge < -0.3 is 4.90 Å². The maximum Gasteiger partial charge on any atom is 0.0851 e. The van der Waals surface area contributed by atoms with E-state index in [9.17, 15) is 0 Å². The Labute approximate surface area is 121 Å². The average Bonchev–Trinajstić information content (AvgIpc) is 2.85. The van der Waals surface area contributed by atoms with Gasteiger partial charge in [-0.1, -0.05) is 64.7 Å². The van der Waals surface area contributed by atoms with Crippen LogP contribution in [0, 0.1) is 0 Å². The summed E-state index contributed by atoms with van der Waals surface area (Å²) in [5, 5.41) is 0. The molecule has 0 aromatic rings. The lowest BCUT2D eigenvalue weighted by Gasteiger charge is -2.12. The molecule has 0 fully saturated rings. The highest BCUT2D eigenvalue weighted by Gasteiger charge is 2.03. The molecule has 1 heterocycles. The second-order valence-corrected chi connectivity index (χ2v) is 5.24. The van der Waals surface area contributed by atoms with Gasteiger partial charge in [0.05, 0.1) is 12.9 Å². The highest BCUT2D eigenvalue weighted by Crippen LogP contribution is 2.10. The second kappa shape index (κ2) is 13.3. The topological polar surface area (TPSA) is 15.6 Å². The van der Waals surface area contributed by atoms with Gasteiger partial charge in [-0.05, 0) is 6.42 Å². The quantitative estimate of drug-likeness (QED) is 0.510. The molecule has 0 saturated carbocycles. The Morgan fingerprint density at radius 2 is 1.44 bits per heavy atom. The normalized spacial score (nSPS) is 13.9. The fourth-order valence-corrected chi connectivity index (χ4v) is 2.39. The number of hydrogen-bond donors (Lipinski definition) is 0. The van der Waals surface area contributed by atoms with Crippen molar-refractivity contribution in [3.8, 4) is 0 Å². The Kier molecular flexibility index (Phi) is 13.1.